The smallest absolute Gasteiger partial charge is 0.250 e. The van der Waals surface area contributed by atoms with Crippen LogP contribution in [0, 0.1) is 6.92 Å². The number of hydrazone groups is 1. The number of benzene rings is 2. The zero-order chi connectivity index (χ0) is 22.3. The van der Waals surface area contributed by atoms with Crippen LogP contribution in [0.5, 0.6) is 0 Å². The lowest BCUT2D eigenvalue weighted by Gasteiger charge is -2.25. The first-order valence-electron chi connectivity index (χ1n) is 10.8. The highest BCUT2D eigenvalue weighted by atomic mass is 79.9. The fraction of sp³-hybridized carbons (Fsp3) is 0.333. The van der Waals surface area contributed by atoms with Crippen molar-refractivity contribution in [3.63, 3.8) is 0 Å². The van der Waals surface area contributed by atoms with E-state index in [0.29, 0.717) is 6.04 Å². The number of carbonyl (C=O) groups excluding carboxylic acids is 1. The highest BCUT2D eigenvalue weighted by Crippen LogP contribution is 2.35. The first-order chi connectivity index (χ1) is 15.6. The average molecular weight is 512 g/mol. The Morgan fingerprint density at radius 1 is 1.19 bits per heavy atom. The Hall–Kier alpha value is -2.45. The topological polar surface area (TPSA) is 72.2 Å². The number of amides is 1. The third-order valence-electron chi connectivity index (χ3n) is 5.50. The molecule has 1 heterocycles. The molecule has 4 rings (SSSR count). The highest BCUT2D eigenvalue weighted by Gasteiger charge is 2.24. The van der Waals surface area contributed by atoms with Gasteiger partial charge in [-0.3, -0.25) is 9.36 Å². The van der Waals surface area contributed by atoms with E-state index >= 15 is 0 Å². The Balaban J connectivity index is 1.45. The largest absolute Gasteiger partial charge is 0.299 e. The molecule has 3 aromatic rings. The van der Waals surface area contributed by atoms with Gasteiger partial charge in [-0.15, -0.1) is 10.2 Å². The summed E-state index contributed by atoms with van der Waals surface area (Å²) in [5.74, 6) is 0.943. The third kappa shape index (κ3) is 5.86. The predicted molar refractivity (Wildman–Crippen MR) is 133 cm³/mol. The van der Waals surface area contributed by atoms with Gasteiger partial charge in [0, 0.05) is 16.1 Å². The molecule has 0 spiro atoms. The lowest BCUT2D eigenvalue weighted by Crippen LogP contribution is -2.20. The molecule has 0 bridgehead atoms. The number of hydrogen-bond donors (Lipinski definition) is 1. The summed E-state index contributed by atoms with van der Waals surface area (Å²) in [7, 11) is 0. The van der Waals surface area contributed by atoms with E-state index in [4.69, 9.17) is 0 Å². The van der Waals surface area contributed by atoms with E-state index in [2.05, 4.69) is 72.4 Å². The number of rotatable bonds is 7. The van der Waals surface area contributed by atoms with E-state index in [9.17, 15) is 4.79 Å². The van der Waals surface area contributed by atoms with Gasteiger partial charge in [-0.1, -0.05) is 88.9 Å². The molecule has 0 saturated heterocycles. The fourth-order valence-electron chi connectivity index (χ4n) is 3.87. The number of hydrogen-bond acceptors (Lipinski definition) is 5. The summed E-state index contributed by atoms with van der Waals surface area (Å²) in [6.45, 7) is 2.08. The molecule has 0 radical (unpaired) electrons. The van der Waals surface area contributed by atoms with E-state index in [1.165, 1.54) is 36.6 Å². The molecular formula is C24H26BrN5OS. The molecule has 8 heteroatoms. The molecule has 0 aliphatic heterocycles. The number of thioether (sulfide) groups is 1. The summed E-state index contributed by atoms with van der Waals surface area (Å²) in [4.78, 5) is 12.4. The molecule has 1 amide bonds. The second kappa shape index (κ2) is 10.9. The van der Waals surface area contributed by atoms with Crippen molar-refractivity contribution >= 4 is 39.8 Å². The maximum atomic E-state index is 12.4. The first-order valence-corrected chi connectivity index (χ1v) is 12.6. The minimum absolute atomic E-state index is 0.170. The molecule has 2 aromatic carbocycles. The highest BCUT2D eigenvalue weighted by molar-refractivity contribution is 9.10. The lowest BCUT2D eigenvalue weighted by atomic mass is 9.95. The van der Waals surface area contributed by atoms with Crippen molar-refractivity contribution in [2.45, 2.75) is 50.2 Å². The van der Waals surface area contributed by atoms with Crippen LogP contribution in [-0.2, 0) is 4.79 Å². The number of aryl methyl sites for hydroxylation is 1. The number of nitrogens with zero attached hydrogens (tertiary/aromatic N) is 4. The summed E-state index contributed by atoms with van der Waals surface area (Å²) in [6.07, 6.45) is 7.57. The van der Waals surface area contributed by atoms with E-state index in [-0.39, 0.29) is 11.7 Å². The Bertz CT molecular complexity index is 1090. The van der Waals surface area contributed by atoms with Crippen LogP contribution in [0.2, 0.25) is 0 Å². The zero-order valence-electron chi connectivity index (χ0n) is 18.0. The number of nitrogens with one attached hydrogen (secondary N) is 1. The Morgan fingerprint density at radius 3 is 2.72 bits per heavy atom. The van der Waals surface area contributed by atoms with Crippen molar-refractivity contribution in [1.29, 1.82) is 0 Å². The number of aromatic nitrogens is 3. The van der Waals surface area contributed by atoms with E-state index in [1.54, 1.807) is 6.21 Å². The van der Waals surface area contributed by atoms with Crippen LogP contribution in [0.4, 0.5) is 0 Å². The van der Waals surface area contributed by atoms with Crippen molar-refractivity contribution in [3.05, 3.63) is 64.1 Å². The maximum absolute atomic E-state index is 12.4. The van der Waals surface area contributed by atoms with Crippen molar-refractivity contribution in [1.82, 2.24) is 20.2 Å². The van der Waals surface area contributed by atoms with Gasteiger partial charge >= 0.3 is 0 Å². The Kier molecular flexibility index (Phi) is 7.76. The van der Waals surface area contributed by atoms with Gasteiger partial charge in [0.15, 0.2) is 11.0 Å². The minimum atomic E-state index is -0.170. The third-order valence-corrected chi connectivity index (χ3v) is 6.93. The monoisotopic (exact) mass is 511 g/mol. The van der Waals surface area contributed by atoms with Crippen LogP contribution in [-0.4, -0.2) is 32.6 Å². The van der Waals surface area contributed by atoms with Crippen molar-refractivity contribution < 1.29 is 4.79 Å². The SMILES string of the molecule is Cc1ccc(-c2nnc(SCC(=O)N/N=C\c3cccc(Br)c3)n2C2CCCCC2)cc1. The van der Waals surface area contributed by atoms with Gasteiger partial charge in [0.1, 0.15) is 0 Å². The minimum Gasteiger partial charge on any atom is -0.299 e. The van der Waals surface area contributed by atoms with Gasteiger partial charge in [-0.25, -0.2) is 5.43 Å². The molecule has 0 atom stereocenters. The number of halogens is 1. The van der Waals surface area contributed by atoms with Crippen LogP contribution < -0.4 is 5.43 Å². The Morgan fingerprint density at radius 2 is 1.97 bits per heavy atom. The fourth-order valence-corrected chi connectivity index (χ4v) is 5.09. The van der Waals surface area contributed by atoms with E-state index < -0.39 is 0 Å². The second-order valence-electron chi connectivity index (χ2n) is 7.97. The summed E-state index contributed by atoms with van der Waals surface area (Å²) >= 11 is 4.84. The summed E-state index contributed by atoms with van der Waals surface area (Å²) in [5.41, 5.74) is 5.78. The van der Waals surface area contributed by atoms with Crippen LogP contribution in [0.25, 0.3) is 11.4 Å². The normalized spacial score (nSPS) is 14.7. The standard InChI is InChI=1S/C24H26BrN5OS/c1-17-10-12-19(13-11-17)23-28-29-24(30(23)21-8-3-2-4-9-21)32-16-22(31)27-26-15-18-6-5-7-20(25)14-18/h5-7,10-15,21H,2-4,8-9,16H2,1H3,(H,27,31)/b26-15-. The Labute approximate surface area is 201 Å². The van der Waals surface area contributed by atoms with Crippen molar-refractivity contribution in [2.24, 2.45) is 5.10 Å². The lowest BCUT2D eigenvalue weighted by molar-refractivity contribution is -0.118. The molecule has 1 aliphatic rings. The number of carbonyl (C=O) groups is 1. The second-order valence-corrected chi connectivity index (χ2v) is 9.83. The van der Waals surface area contributed by atoms with Gasteiger partial charge in [0.25, 0.3) is 5.91 Å². The van der Waals surface area contributed by atoms with Crippen molar-refractivity contribution in [3.8, 4) is 11.4 Å². The molecule has 1 aromatic heterocycles. The first kappa shape index (κ1) is 22.7. The molecule has 0 unspecified atom stereocenters. The zero-order valence-corrected chi connectivity index (χ0v) is 20.4. The quantitative estimate of drug-likeness (QED) is 0.248. The van der Waals surface area contributed by atoms with Crippen molar-refractivity contribution in [2.75, 3.05) is 5.75 Å². The molecule has 1 fully saturated rings. The molecule has 1 N–H and O–H groups in total. The molecule has 1 aliphatic carbocycles. The van der Waals surface area contributed by atoms with Gasteiger partial charge in [-0.05, 0) is 37.5 Å². The van der Waals surface area contributed by atoms with Crippen LogP contribution in [0.15, 0.2) is 63.3 Å². The molecule has 166 valence electrons. The summed E-state index contributed by atoms with van der Waals surface area (Å²) in [5, 5.41) is 13.8. The van der Waals surface area contributed by atoms with Gasteiger partial charge in [-0.2, -0.15) is 5.10 Å². The summed E-state index contributed by atoms with van der Waals surface area (Å²) in [6, 6.07) is 16.5. The van der Waals surface area contributed by atoms with Crippen LogP contribution in [0.1, 0.15) is 49.3 Å². The molecular weight excluding hydrogens is 486 g/mol. The van der Waals surface area contributed by atoms with Crippen LogP contribution >= 0.6 is 27.7 Å². The van der Waals surface area contributed by atoms with E-state index in [0.717, 1.165) is 39.4 Å². The molecule has 32 heavy (non-hydrogen) atoms. The average Bonchev–Trinajstić information content (AvgIpc) is 3.23. The molecule has 1 saturated carbocycles. The van der Waals surface area contributed by atoms with Crippen LogP contribution in [0.3, 0.4) is 0 Å². The summed E-state index contributed by atoms with van der Waals surface area (Å²) < 4.78 is 3.21. The maximum Gasteiger partial charge on any atom is 0.250 e. The van der Waals surface area contributed by atoms with E-state index in [1.807, 2.05) is 24.3 Å². The van der Waals surface area contributed by atoms with Gasteiger partial charge in [0.2, 0.25) is 0 Å². The van der Waals surface area contributed by atoms with Gasteiger partial charge in [0.05, 0.1) is 12.0 Å². The van der Waals surface area contributed by atoms with Gasteiger partial charge < -0.3 is 0 Å². The molecule has 6 nitrogen and oxygen atoms in total. The predicted octanol–water partition coefficient (Wildman–Crippen LogP) is 5.76.